The van der Waals surface area contributed by atoms with Crippen molar-refractivity contribution < 1.29 is 28.6 Å². The number of rotatable bonds is 50. The Morgan fingerprint density at radius 3 is 0.930 bits per heavy atom. The molecule has 0 radical (unpaired) electrons. The standard InChI is InChI=1S/C65H104O6/c1-4-7-10-13-16-19-22-25-27-29-31-32-34-35-37-40-43-46-49-52-55-58-64(67)70-61-62(60-69-63(66)57-54-51-48-45-42-39-24-21-18-15-12-9-6-3)71-65(68)59-56-53-50-47-44-41-38-36-33-30-28-26-23-20-17-14-11-8-5-2/h8-9,11-12,17-18,20-22,25-26,28-29,31,33,36,39,41-42,44,50,53,62H,4-7,10,13-16,19,23-24,27,30,32,34-35,37-38,40,43,45-49,51-52,54-61H2,1-3H3/b11-8-,12-9-,20-17-,21-18-,25-22-,28-26-,31-29-,36-33-,42-39-,44-41-,53-50-. The van der Waals surface area contributed by atoms with E-state index in [1.807, 2.05) is 12.2 Å². The summed E-state index contributed by atoms with van der Waals surface area (Å²) in [6, 6.07) is 0. The molecule has 0 aliphatic heterocycles. The highest BCUT2D eigenvalue weighted by Gasteiger charge is 2.19. The van der Waals surface area contributed by atoms with E-state index in [0.717, 1.165) is 109 Å². The number of hydrogen-bond acceptors (Lipinski definition) is 6. The van der Waals surface area contributed by atoms with Crippen LogP contribution in [0.3, 0.4) is 0 Å². The summed E-state index contributed by atoms with van der Waals surface area (Å²) in [6.07, 6.45) is 81.7. The molecule has 71 heavy (non-hydrogen) atoms. The Bertz CT molecular complexity index is 1550. The summed E-state index contributed by atoms with van der Waals surface area (Å²) in [6.45, 7) is 6.30. The third-order valence-electron chi connectivity index (χ3n) is 11.6. The minimum atomic E-state index is -0.838. The van der Waals surface area contributed by atoms with Gasteiger partial charge in [-0.3, -0.25) is 14.4 Å². The maximum absolute atomic E-state index is 12.8. The Kier molecular flexibility index (Phi) is 54.5. The van der Waals surface area contributed by atoms with Crippen molar-refractivity contribution in [1.29, 1.82) is 0 Å². The fraction of sp³-hybridized carbons (Fsp3) is 0.615. The van der Waals surface area contributed by atoms with Crippen LogP contribution in [0, 0.1) is 0 Å². The number of allylic oxidation sites excluding steroid dienone is 22. The van der Waals surface area contributed by atoms with Crippen molar-refractivity contribution in [2.24, 2.45) is 0 Å². The molecule has 0 N–H and O–H groups in total. The van der Waals surface area contributed by atoms with Gasteiger partial charge in [-0.05, 0) is 122 Å². The molecule has 6 nitrogen and oxygen atoms in total. The van der Waals surface area contributed by atoms with Crippen molar-refractivity contribution in [3.8, 4) is 0 Å². The van der Waals surface area contributed by atoms with Crippen LogP contribution in [0.1, 0.15) is 239 Å². The molecule has 400 valence electrons. The highest BCUT2D eigenvalue weighted by molar-refractivity contribution is 5.71. The quantitative estimate of drug-likeness (QED) is 0.0262. The maximum atomic E-state index is 12.8. The first-order valence-electron chi connectivity index (χ1n) is 28.7. The van der Waals surface area contributed by atoms with Crippen LogP contribution in [0.25, 0.3) is 0 Å². The first kappa shape index (κ1) is 66.6. The summed E-state index contributed by atoms with van der Waals surface area (Å²) in [5.74, 6) is -1.05. The second kappa shape index (κ2) is 58.1. The molecule has 0 bridgehead atoms. The van der Waals surface area contributed by atoms with E-state index in [1.165, 1.54) is 83.5 Å². The van der Waals surface area contributed by atoms with Gasteiger partial charge in [-0.15, -0.1) is 0 Å². The van der Waals surface area contributed by atoms with E-state index in [2.05, 4.69) is 142 Å². The van der Waals surface area contributed by atoms with Gasteiger partial charge in [0.25, 0.3) is 0 Å². The van der Waals surface area contributed by atoms with E-state index < -0.39 is 12.1 Å². The first-order chi connectivity index (χ1) is 35.0. The van der Waals surface area contributed by atoms with Crippen molar-refractivity contribution >= 4 is 17.9 Å². The fourth-order valence-electron chi connectivity index (χ4n) is 7.39. The van der Waals surface area contributed by atoms with E-state index in [0.29, 0.717) is 19.3 Å². The molecule has 0 aromatic heterocycles. The molecule has 0 heterocycles. The molecule has 0 fully saturated rings. The summed E-state index contributed by atoms with van der Waals surface area (Å²) >= 11 is 0. The Morgan fingerprint density at radius 2 is 0.577 bits per heavy atom. The topological polar surface area (TPSA) is 78.9 Å². The molecule has 1 atom stereocenters. The smallest absolute Gasteiger partial charge is 0.306 e. The van der Waals surface area contributed by atoms with Crippen LogP contribution in [0.4, 0.5) is 0 Å². The van der Waals surface area contributed by atoms with Crippen LogP contribution >= 0.6 is 0 Å². The Labute approximate surface area is 436 Å². The monoisotopic (exact) mass is 981 g/mol. The SMILES string of the molecule is CC/C=C\C/C=C\C/C=C\C/C=C\C/C=C\C/C=C\CCC(=O)OC(COC(=O)CCCCC/C=C\C/C=C\C/C=C\CC)COC(=O)CCCCCCCCCCC/C=C\C/C=C\CCCCCCC. The molecule has 0 aliphatic rings. The van der Waals surface area contributed by atoms with Gasteiger partial charge in [-0.25, -0.2) is 0 Å². The van der Waals surface area contributed by atoms with Crippen LogP contribution in [0.15, 0.2) is 134 Å². The Hall–Kier alpha value is -4.45. The lowest BCUT2D eigenvalue weighted by atomic mass is 10.1. The number of hydrogen-bond donors (Lipinski definition) is 0. The van der Waals surface area contributed by atoms with Crippen LogP contribution in [-0.4, -0.2) is 37.2 Å². The van der Waals surface area contributed by atoms with E-state index >= 15 is 0 Å². The van der Waals surface area contributed by atoms with Gasteiger partial charge < -0.3 is 14.2 Å². The first-order valence-corrected chi connectivity index (χ1v) is 28.7. The second-order valence-corrected chi connectivity index (χ2v) is 18.4. The second-order valence-electron chi connectivity index (χ2n) is 18.4. The number of esters is 3. The van der Waals surface area contributed by atoms with E-state index in [9.17, 15) is 14.4 Å². The molecule has 0 amide bonds. The molecule has 0 aromatic rings. The Morgan fingerprint density at radius 1 is 0.296 bits per heavy atom. The molecule has 0 aromatic carbocycles. The predicted molar refractivity (Wildman–Crippen MR) is 306 cm³/mol. The third-order valence-corrected chi connectivity index (χ3v) is 11.6. The number of unbranched alkanes of at least 4 members (excludes halogenated alkanes) is 17. The van der Waals surface area contributed by atoms with Gasteiger partial charge in [0.1, 0.15) is 13.2 Å². The van der Waals surface area contributed by atoms with Crippen molar-refractivity contribution in [3.05, 3.63) is 134 Å². The van der Waals surface area contributed by atoms with Crippen molar-refractivity contribution in [2.75, 3.05) is 13.2 Å². The summed E-state index contributed by atoms with van der Waals surface area (Å²) in [7, 11) is 0. The average molecular weight is 982 g/mol. The zero-order chi connectivity index (χ0) is 51.4. The number of ether oxygens (including phenoxy) is 3. The number of carbonyl (C=O) groups excluding carboxylic acids is 3. The summed E-state index contributed by atoms with van der Waals surface area (Å²) in [5, 5.41) is 0. The summed E-state index contributed by atoms with van der Waals surface area (Å²) in [5.41, 5.74) is 0. The lowest BCUT2D eigenvalue weighted by molar-refractivity contribution is -0.166. The lowest BCUT2D eigenvalue weighted by Crippen LogP contribution is -2.30. The predicted octanol–water partition coefficient (Wildman–Crippen LogP) is 19.4. The normalized spacial score (nSPS) is 13.1. The Balaban J connectivity index is 4.52. The zero-order valence-corrected chi connectivity index (χ0v) is 45.7. The average Bonchev–Trinajstić information content (AvgIpc) is 3.37. The van der Waals surface area contributed by atoms with Crippen LogP contribution < -0.4 is 0 Å². The highest BCUT2D eigenvalue weighted by atomic mass is 16.6. The highest BCUT2D eigenvalue weighted by Crippen LogP contribution is 2.13. The van der Waals surface area contributed by atoms with Gasteiger partial charge in [-0.2, -0.15) is 0 Å². The van der Waals surface area contributed by atoms with Crippen molar-refractivity contribution in [2.45, 2.75) is 245 Å². The van der Waals surface area contributed by atoms with Crippen LogP contribution in [0.5, 0.6) is 0 Å². The summed E-state index contributed by atoms with van der Waals surface area (Å²) < 4.78 is 16.8. The number of carbonyl (C=O) groups is 3. The van der Waals surface area contributed by atoms with Gasteiger partial charge >= 0.3 is 17.9 Å². The van der Waals surface area contributed by atoms with E-state index in [-0.39, 0.29) is 31.6 Å². The molecule has 0 saturated carbocycles. The molecule has 6 heteroatoms. The zero-order valence-electron chi connectivity index (χ0n) is 45.7. The minimum absolute atomic E-state index is 0.124. The third kappa shape index (κ3) is 56.3. The molecule has 0 spiro atoms. The molecule has 0 saturated heterocycles. The van der Waals surface area contributed by atoms with Crippen molar-refractivity contribution in [3.63, 3.8) is 0 Å². The van der Waals surface area contributed by atoms with E-state index in [4.69, 9.17) is 14.2 Å². The molecular formula is C65H104O6. The fourth-order valence-corrected chi connectivity index (χ4v) is 7.39. The maximum Gasteiger partial charge on any atom is 0.306 e. The van der Waals surface area contributed by atoms with E-state index in [1.54, 1.807) is 0 Å². The summed E-state index contributed by atoms with van der Waals surface area (Å²) in [4.78, 5) is 38.1. The van der Waals surface area contributed by atoms with Gasteiger partial charge in [0.15, 0.2) is 6.10 Å². The molecule has 0 aliphatic carbocycles. The van der Waals surface area contributed by atoms with Gasteiger partial charge in [0, 0.05) is 19.3 Å². The van der Waals surface area contributed by atoms with Gasteiger partial charge in [0.2, 0.25) is 0 Å². The van der Waals surface area contributed by atoms with Gasteiger partial charge in [-0.1, -0.05) is 231 Å². The largest absolute Gasteiger partial charge is 0.462 e. The molecule has 1 unspecified atom stereocenters. The molecular weight excluding hydrogens is 877 g/mol. The molecule has 0 rings (SSSR count). The van der Waals surface area contributed by atoms with Crippen LogP contribution in [0.2, 0.25) is 0 Å². The minimum Gasteiger partial charge on any atom is -0.462 e. The van der Waals surface area contributed by atoms with Crippen LogP contribution in [-0.2, 0) is 28.6 Å². The van der Waals surface area contributed by atoms with Crippen molar-refractivity contribution in [1.82, 2.24) is 0 Å². The van der Waals surface area contributed by atoms with Gasteiger partial charge in [0.05, 0.1) is 0 Å². The lowest BCUT2D eigenvalue weighted by Gasteiger charge is -2.18.